The Balaban J connectivity index is 2.81. The minimum atomic E-state index is 0.868. The average Bonchev–Trinajstić information content (AvgIpc) is 2.54. The fourth-order valence-corrected chi connectivity index (χ4v) is 2.82. The van der Waals surface area contributed by atoms with Crippen molar-refractivity contribution in [3.8, 4) is 6.07 Å². The number of hydrogen-bond acceptors (Lipinski definition) is 2. The summed E-state index contributed by atoms with van der Waals surface area (Å²) < 4.78 is 1.23. The maximum absolute atomic E-state index is 9.06. The first-order chi connectivity index (χ1) is 6.76. The molecule has 0 aliphatic heterocycles. The van der Waals surface area contributed by atoms with E-state index in [1.54, 1.807) is 11.3 Å². The molecule has 0 amide bonds. The normalized spacial score (nSPS) is 10.4. The van der Waals surface area contributed by atoms with Crippen molar-refractivity contribution >= 4 is 21.4 Å². The summed E-state index contributed by atoms with van der Waals surface area (Å²) in [6.07, 6.45) is 0.946. The minimum Gasteiger partial charge on any atom is -0.192 e. The number of fused-ring (bicyclic) bond motifs is 1. The van der Waals surface area contributed by atoms with Gasteiger partial charge in [-0.1, -0.05) is 19.1 Å². The number of nitriles is 1. The molecule has 1 nitrogen and oxygen atoms in total. The smallest absolute Gasteiger partial charge is 0.101 e. The minimum absolute atomic E-state index is 0.868. The fraction of sp³-hybridized carbons (Fsp3) is 0.250. The Morgan fingerprint density at radius 3 is 2.86 bits per heavy atom. The van der Waals surface area contributed by atoms with Crippen molar-refractivity contribution in [3.63, 3.8) is 0 Å². The van der Waals surface area contributed by atoms with Gasteiger partial charge in [-0.15, -0.1) is 11.3 Å². The van der Waals surface area contributed by atoms with Crippen LogP contribution in [-0.2, 0) is 6.42 Å². The SMILES string of the molecule is CCc1sc2cc(C)ccc2c1C#N. The molecule has 1 aromatic carbocycles. The zero-order valence-corrected chi connectivity index (χ0v) is 9.11. The summed E-state index contributed by atoms with van der Waals surface area (Å²) in [4.78, 5) is 1.20. The molecular formula is C12H11NS. The number of hydrogen-bond donors (Lipinski definition) is 0. The largest absolute Gasteiger partial charge is 0.192 e. The van der Waals surface area contributed by atoms with Gasteiger partial charge in [0.05, 0.1) is 5.56 Å². The van der Waals surface area contributed by atoms with Crippen LogP contribution in [0.15, 0.2) is 18.2 Å². The summed E-state index contributed by atoms with van der Waals surface area (Å²) >= 11 is 1.74. The Kier molecular flexibility index (Phi) is 2.26. The van der Waals surface area contributed by atoms with Crippen LogP contribution >= 0.6 is 11.3 Å². The lowest BCUT2D eigenvalue weighted by molar-refractivity contribution is 1.18. The van der Waals surface area contributed by atoms with Crippen molar-refractivity contribution in [3.05, 3.63) is 34.2 Å². The fourth-order valence-electron chi connectivity index (χ4n) is 1.63. The number of benzene rings is 1. The average molecular weight is 201 g/mol. The maximum atomic E-state index is 9.06. The highest BCUT2D eigenvalue weighted by Gasteiger charge is 2.09. The van der Waals surface area contributed by atoms with Gasteiger partial charge >= 0.3 is 0 Å². The Bertz CT molecular complexity index is 517. The van der Waals surface area contributed by atoms with Gasteiger partial charge in [0.1, 0.15) is 6.07 Å². The molecule has 1 heterocycles. The van der Waals surface area contributed by atoms with Crippen LogP contribution in [0.4, 0.5) is 0 Å². The van der Waals surface area contributed by atoms with Gasteiger partial charge < -0.3 is 0 Å². The van der Waals surface area contributed by atoms with Gasteiger partial charge in [0.25, 0.3) is 0 Å². The molecule has 1 aromatic heterocycles. The Labute approximate surface area is 87.6 Å². The summed E-state index contributed by atoms with van der Waals surface area (Å²) in [5, 5.41) is 10.2. The van der Waals surface area contributed by atoms with Gasteiger partial charge in [-0.25, -0.2) is 0 Å². The second-order valence-corrected chi connectivity index (χ2v) is 4.50. The van der Waals surface area contributed by atoms with Gasteiger partial charge in [-0.3, -0.25) is 0 Å². The molecule has 0 aliphatic rings. The van der Waals surface area contributed by atoms with Crippen molar-refractivity contribution in [2.75, 3.05) is 0 Å². The summed E-state index contributed by atoms with van der Waals surface area (Å²) in [5.41, 5.74) is 2.12. The van der Waals surface area contributed by atoms with E-state index in [1.807, 2.05) is 0 Å². The first-order valence-corrected chi connectivity index (χ1v) is 5.50. The molecule has 0 atom stereocenters. The molecule has 0 spiro atoms. The van der Waals surface area contributed by atoms with Crippen LogP contribution in [0.5, 0.6) is 0 Å². The van der Waals surface area contributed by atoms with Crippen LogP contribution in [0, 0.1) is 18.3 Å². The van der Waals surface area contributed by atoms with Gasteiger partial charge in [0.15, 0.2) is 0 Å². The van der Waals surface area contributed by atoms with E-state index in [2.05, 4.69) is 38.1 Å². The maximum Gasteiger partial charge on any atom is 0.101 e. The number of rotatable bonds is 1. The summed E-state index contributed by atoms with van der Waals surface area (Å²) in [7, 11) is 0. The molecule has 0 fully saturated rings. The molecule has 0 saturated carbocycles. The molecule has 0 bridgehead atoms. The van der Waals surface area contributed by atoms with Crippen LogP contribution in [-0.4, -0.2) is 0 Å². The summed E-state index contributed by atoms with van der Waals surface area (Å²) in [6, 6.07) is 8.57. The summed E-state index contributed by atoms with van der Waals surface area (Å²) in [6.45, 7) is 4.18. The topological polar surface area (TPSA) is 23.8 Å². The molecule has 0 N–H and O–H groups in total. The summed E-state index contributed by atoms with van der Waals surface area (Å²) in [5.74, 6) is 0. The van der Waals surface area contributed by atoms with Crippen LogP contribution < -0.4 is 0 Å². The molecule has 0 unspecified atom stereocenters. The second-order valence-electron chi connectivity index (χ2n) is 3.37. The van der Waals surface area contributed by atoms with Crippen LogP contribution in [0.25, 0.3) is 10.1 Å². The zero-order chi connectivity index (χ0) is 10.1. The van der Waals surface area contributed by atoms with E-state index in [4.69, 9.17) is 5.26 Å². The van der Waals surface area contributed by atoms with Gasteiger partial charge in [-0.2, -0.15) is 5.26 Å². The Morgan fingerprint density at radius 2 is 2.21 bits per heavy atom. The van der Waals surface area contributed by atoms with E-state index in [1.165, 1.54) is 15.1 Å². The van der Waals surface area contributed by atoms with Crippen LogP contribution in [0.2, 0.25) is 0 Å². The third-order valence-electron chi connectivity index (χ3n) is 2.35. The monoisotopic (exact) mass is 201 g/mol. The predicted octanol–water partition coefficient (Wildman–Crippen LogP) is 3.64. The molecular weight excluding hydrogens is 190 g/mol. The van der Waals surface area contributed by atoms with E-state index in [-0.39, 0.29) is 0 Å². The van der Waals surface area contributed by atoms with E-state index in [0.29, 0.717) is 0 Å². The Morgan fingerprint density at radius 1 is 1.43 bits per heavy atom. The highest BCUT2D eigenvalue weighted by molar-refractivity contribution is 7.19. The van der Waals surface area contributed by atoms with E-state index < -0.39 is 0 Å². The van der Waals surface area contributed by atoms with Crippen molar-refractivity contribution in [1.29, 1.82) is 5.26 Å². The van der Waals surface area contributed by atoms with Crippen molar-refractivity contribution in [2.45, 2.75) is 20.3 Å². The highest BCUT2D eigenvalue weighted by Crippen LogP contribution is 2.31. The van der Waals surface area contributed by atoms with E-state index >= 15 is 0 Å². The molecule has 70 valence electrons. The van der Waals surface area contributed by atoms with Crippen molar-refractivity contribution in [1.82, 2.24) is 0 Å². The number of nitrogens with zero attached hydrogens (tertiary/aromatic N) is 1. The third kappa shape index (κ3) is 1.30. The van der Waals surface area contributed by atoms with E-state index in [9.17, 15) is 0 Å². The molecule has 2 aromatic rings. The quantitative estimate of drug-likeness (QED) is 0.691. The lowest BCUT2D eigenvalue weighted by atomic mass is 10.1. The number of thiophene rings is 1. The predicted molar refractivity (Wildman–Crippen MR) is 60.7 cm³/mol. The van der Waals surface area contributed by atoms with E-state index in [0.717, 1.165) is 17.4 Å². The molecule has 14 heavy (non-hydrogen) atoms. The van der Waals surface area contributed by atoms with Crippen molar-refractivity contribution < 1.29 is 0 Å². The first kappa shape index (κ1) is 9.23. The molecule has 2 rings (SSSR count). The molecule has 0 radical (unpaired) electrons. The van der Waals surface area contributed by atoms with Crippen LogP contribution in [0.1, 0.15) is 22.9 Å². The molecule has 2 heteroatoms. The highest BCUT2D eigenvalue weighted by atomic mass is 32.1. The third-order valence-corrected chi connectivity index (χ3v) is 3.65. The lowest BCUT2D eigenvalue weighted by Gasteiger charge is -1.92. The molecule has 0 saturated heterocycles. The molecule has 0 aliphatic carbocycles. The lowest BCUT2D eigenvalue weighted by Crippen LogP contribution is -1.78. The van der Waals surface area contributed by atoms with Crippen LogP contribution in [0.3, 0.4) is 0 Å². The van der Waals surface area contributed by atoms with Gasteiger partial charge in [-0.05, 0) is 25.0 Å². The zero-order valence-electron chi connectivity index (χ0n) is 8.29. The van der Waals surface area contributed by atoms with Gasteiger partial charge in [0, 0.05) is 15.0 Å². The first-order valence-electron chi connectivity index (χ1n) is 4.68. The van der Waals surface area contributed by atoms with Gasteiger partial charge in [0.2, 0.25) is 0 Å². The van der Waals surface area contributed by atoms with Crippen molar-refractivity contribution in [2.24, 2.45) is 0 Å². The Hall–Kier alpha value is -1.33. The standard InChI is InChI=1S/C12H11NS/c1-3-11-10(7-13)9-5-4-8(2)6-12(9)14-11/h4-6H,3H2,1-2H3. The number of aryl methyl sites for hydroxylation is 2. The second kappa shape index (κ2) is 3.43.